The Morgan fingerprint density at radius 1 is 0.731 bits per heavy atom. The Labute approximate surface area is 450 Å². The van der Waals surface area contributed by atoms with Crippen LogP contribution in [0.2, 0.25) is 0 Å². The van der Waals surface area contributed by atoms with E-state index in [1.807, 2.05) is 18.2 Å². The highest BCUT2D eigenvalue weighted by Crippen LogP contribution is 2.28. The molecule has 0 saturated carbocycles. The second-order valence-corrected chi connectivity index (χ2v) is 18.6. The van der Waals surface area contributed by atoms with Gasteiger partial charge < -0.3 is 90.6 Å². The van der Waals surface area contributed by atoms with Crippen LogP contribution < -0.4 is 85.6 Å². The third-order valence-corrected chi connectivity index (χ3v) is 12.6. The first-order valence-electron chi connectivity index (χ1n) is 25.5. The lowest BCUT2D eigenvalue weighted by atomic mass is 10.0. The number of carbonyl (C=O) groups excluding carboxylic acids is 9. The normalized spacial score (nSPS) is 20.7. The van der Waals surface area contributed by atoms with Gasteiger partial charge in [0.25, 0.3) is 0 Å². The van der Waals surface area contributed by atoms with Crippen LogP contribution in [0.15, 0.2) is 48.7 Å². The number of primary amides is 1. The number of carbonyl (C=O) groups is 9. The summed E-state index contributed by atoms with van der Waals surface area (Å²) in [5.74, 6) is -7.24. The van der Waals surface area contributed by atoms with Gasteiger partial charge in [0.15, 0.2) is 23.4 Å². The fourth-order valence-electron chi connectivity index (χ4n) is 8.55. The van der Waals surface area contributed by atoms with Crippen molar-refractivity contribution in [1.29, 1.82) is 10.8 Å². The van der Waals surface area contributed by atoms with Gasteiger partial charge in [-0.3, -0.25) is 54.0 Å². The van der Waals surface area contributed by atoms with Crippen molar-refractivity contribution in [2.45, 2.75) is 120 Å². The summed E-state index contributed by atoms with van der Waals surface area (Å²) in [4.78, 5) is 128. The second kappa shape index (κ2) is 31.4. The number of H-pyrrole nitrogens is 1. The summed E-state index contributed by atoms with van der Waals surface area (Å²) >= 11 is 0. The van der Waals surface area contributed by atoms with Crippen molar-refractivity contribution in [1.82, 2.24) is 58.2 Å². The van der Waals surface area contributed by atoms with Crippen molar-refractivity contribution in [3.8, 4) is 11.5 Å². The molecule has 1 saturated heterocycles. The molecule has 426 valence electrons. The summed E-state index contributed by atoms with van der Waals surface area (Å²) in [6, 6.07) is 2.31. The Morgan fingerprint density at radius 3 is 1.97 bits per heavy atom. The molecule has 21 N–H and O–H groups in total. The van der Waals surface area contributed by atoms with Gasteiger partial charge in [0.2, 0.25) is 53.2 Å². The lowest BCUT2D eigenvalue weighted by Gasteiger charge is -2.28. The second-order valence-electron chi connectivity index (χ2n) is 18.6. The molecule has 1 fully saturated rings. The zero-order chi connectivity index (χ0) is 57.3. The van der Waals surface area contributed by atoms with Crippen molar-refractivity contribution in [2.75, 3.05) is 40.4 Å². The molecular weight excluding hydrogens is 1010 g/mol. The van der Waals surface area contributed by atoms with Gasteiger partial charge in [-0.2, -0.15) is 0 Å². The number of rotatable bonds is 20. The van der Waals surface area contributed by atoms with E-state index in [9.17, 15) is 43.2 Å². The monoisotopic (exact) mass is 1090 g/mol. The van der Waals surface area contributed by atoms with Crippen molar-refractivity contribution >= 4 is 76.0 Å². The van der Waals surface area contributed by atoms with Gasteiger partial charge in [-0.25, -0.2) is 0 Å². The molecule has 0 unspecified atom stereocenters. The summed E-state index contributed by atoms with van der Waals surface area (Å²) in [7, 11) is 2.84. The number of fused-ring (bicyclic) bond motifs is 1. The Morgan fingerprint density at radius 2 is 1.33 bits per heavy atom. The van der Waals surface area contributed by atoms with E-state index in [-0.39, 0.29) is 114 Å². The first-order valence-corrected chi connectivity index (χ1v) is 25.5. The molecule has 3 aromatic rings. The number of aromatic amines is 1. The molecule has 9 amide bonds. The largest absolute Gasteiger partial charge is 0.493 e. The average Bonchev–Trinajstić information content (AvgIpc) is 3.80. The van der Waals surface area contributed by atoms with Gasteiger partial charge in [-0.15, -0.1) is 0 Å². The van der Waals surface area contributed by atoms with Crippen LogP contribution in [0.25, 0.3) is 10.9 Å². The number of nitrogens with two attached hydrogens (primary N) is 4. The summed E-state index contributed by atoms with van der Waals surface area (Å²) in [5, 5.41) is 42.3. The molecule has 2 heterocycles. The van der Waals surface area contributed by atoms with Crippen LogP contribution in [0.5, 0.6) is 11.5 Å². The average molecular weight is 1090 g/mol. The first kappa shape index (κ1) is 61.9. The van der Waals surface area contributed by atoms with Crippen LogP contribution in [0.3, 0.4) is 0 Å². The number of hydrogen-bond acceptors (Lipinski definition) is 14. The fourth-order valence-corrected chi connectivity index (χ4v) is 8.55. The molecule has 0 spiro atoms. The van der Waals surface area contributed by atoms with E-state index >= 15 is 0 Å². The highest BCUT2D eigenvalue weighted by atomic mass is 16.5. The number of para-hydroxylation sites is 1. The molecule has 1 aliphatic heterocycles. The molecule has 1 aliphatic rings. The predicted octanol–water partition coefficient (Wildman–Crippen LogP) is -3.57. The Kier molecular flexibility index (Phi) is 24.9. The van der Waals surface area contributed by atoms with Crippen LogP contribution in [0.1, 0.15) is 75.8 Å². The lowest BCUT2D eigenvalue weighted by molar-refractivity contribution is -0.136. The minimum absolute atomic E-state index is 0.0286. The van der Waals surface area contributed by atoms with Crippen molar-refractivity contribution in [2.24, 2.45) is 22.9 Å². The number of benzene rings is 2. The lowest BCUT2D eigenvalue weighted by Crippen LogP contribution is -2.60. The van der Waals surface area contributed by atoms with Crippen molar-refractivity contribution in [3.63, 3.8) is 0 Å². The molecular formula is C50H75N17O11. The maximum atomic E-state index is 14.8. The van der Waals surface area contributed by atoms with Crippen LogP contribution in [-0.4, -0.2) is 153 Å². The Hall–Kier alpha value is -8.69. The van der Waals surface area contributed by atoms with Crippen LogP contribution in [0.4, 0.5) is 0 Å². The molecule has 0 aliphatic carbocycles. The number of nitrogens with one attached hydrogen (secondary N) is 13. The summed E-state index contributed by atoms with van der Waals surface area (Å²) < 4.78 is 10.9. The van der Waals surface area contributed by atoms with E-state index < -0.39 is 95.5 Å². The maximum Gasteiger partial charge on any atom is 0.243 e. The van der Waals surface area contributed by atoms with E-state index in [0.717, 1.165) is 10.9 Å². The number of methoxy groups -OCH3 is 2. The minimum Gasteiger partial charge on any atom is -0.493 e. The highest BCUT2D eigenvalue weighted by molar-refractivity contribution is 5.98. The molecule has 0 radical (unpaired) electrons. The molecule has 78 heavy (non-hydrogen) atoms. The third kappa shape index (κ3) is 20.1. The Balaban J connectivity index is 1.80. The quantitative estimate of drug-likeness (QED) is 0.0296. The van der Waals surface area contributed by atoms with Gasteiger partial charge in [-0.1, -0.05) is 24.3 Å². The molecule has 28 heteroatoms. The Bertz CT molecular complexity index is 2610. The van der Waals surface area contributed by atoms with Crippen LogP contribution in [-0.2, 0) is 56.0 Å². The fraction of sp³-hybridized carbons (Fsp3) is 0.500. The molecule has 7 atom stereocenters. The maximum absolute atomic E-state index is 14.8. The van der Waals surface area contributed by atoms with Crippen LogP contribution in [0, 0.1) is 10.8 Å². The number of aromatic nitrogens is 1. The number of guanidine groups is 2. The minimum atomic E-state index is -1.50. The van der Waals surface area contributed by atoms with E-state index in [1.165, 1.54) is 21.1 Å². The van der Waals surface area contributed by atoms with Gasteiger partial charge in [0.05, 0.1) is 14.2 Å². The van der Waals surface area contributed by atoms with Crippen molar-refractivity contribution < 1.29 is 52.6 Å². The highest BCUT2D eigenvalue weighted by Gasteiger charge is 2.35. The van der Waals surface area contributed by atoms with Gasteiger partial charge >= 0.3 is 0 Å². The topological polar surface area (TPSA) is 460 Å². The first-order chi connectivity index (χ1) is 37.2. The molecule has 0 bridgehead atoms. The molecule has 28 nitrogen and oxygen atoms in total. The molecule has 1 aromatic heterocycles. The predicted molar refractivity (Wildman–Crippen MR) is 287 cm³/mol. The molecule has 2 aromatic carbocycles. The van der Waals surface area contributed by atoms with E-state index in [0.29, 0.717) is 16.9 Å². The number of amides is 9. The van der Waals surface area contributed by atoms with E-state index in [1.54, 1.807) is 30.5 Å². The van der Waals surface area contributed by atoms with E-state index in [2.05, 4.69) is 58.2 Å². The van der Waals surface area contributed by atoms with Gasteiger partial charge in [-0.05, 0) is 87.2 Å². The zero-order valence-electron chi connectivity index (χ0n) is 44.1. The zero-order valence-corrected chi connectivity index (χ0v) is 44.1. The van der Waals surface area contributed by atoms with Gasteiger partial charge in [0.1, 0.15) is 42.3 Å². The van der Waals surface area contributed by atoms with Crippen molar-refractivity contribution in [3.05, 3.63) is 59.8 Å². The van der Waals surface area contributed by atoms with Gasteiger partial charge in [0, 0.05) is 62.9 Å². The van der Waals surface area contributed by atoms with Crippen LogP contribution >= 0.6 is 0 Å². The summed E-state index contributed by atoms with van der Waals surface area (Å²) in [5.41, 5.74) is 24.5. The summed E-state index contributed by atoms with van der Waals surface area (Å²) in [6.07, 6.45) is 0.857. The standard InChI is InChI=1S/C50H75N17O11/c1-27(68)61-33(12-7-21-58-49(53)54)43(71)64-35-15-17-41(69)57-20-6-11-32(42(52)70)62-48(76)38(25-29-26-60-31-10-5-4-9-30(29)31)67-44(72)34(13-8-22-59-50(55)56)63-47(75)37(66-46(74)36(18-19-51)65-45(35)73)23-28-14-16-39(77-2)40(24-28)78-3/h4-5,9-10,14,16,24,26,32-38,60H,6-8,11-13,15,17-23,25,51H2,1-3H3,(H2,52,70)(H,57,69)(H,61,68)(H,62,76)(H,63,75)(H,64,71)(H,65,73)(H,66,74)(H,67,72)(H4,53,54,58)(H4,55,56,59)/t32-,33-,34-,35-,36-,37+,38-/m0/s1. The number of hydrogen-bond donors (Lipinski definition) is 17. The third-order valence-electron chi connectivity index (χ3n) is 12.6. The molecule has 4 rings (SSSR count). The van der Waals surface area contributed by atoms with E-state index in [4.69, 9.17) is 43.2 Å². The summed E-state index contributed by atoms with van der Waals surface area (Å²) in [6.45, 7) is 1.27. The smallest absolute Gasteiger partial charge is 0.243 e. The SMILES string of the molecule is COc1ccc(C[C@H]2NC(=O)[C@H](CCN)NC(=O)[C@@H](NC(=O)[C@H](CCCNC(=N)N)NC(C)=O)CCC(=O)NCCC[C@@H](C(N)=O)NC(=O)[C@H](Cc3c[nH]c4ccccc34)NC(=O)[C@H](CCCNC(=N)N)NC2=O)cc1OC. The number of ether oxygens (including phenoxy) is 2.